The first-order chi connectivity index (χ1) is 16.0. The molecule has 0 bridgehead atoms. The van der Waals surface area contributed by atoms with Crippen LogP contribution in [0, 0.1) is 17.0 Å². The van der Waals surface area contributed by atoms with E-state index in [4.69, 9.17) is 16.3 Å². The maximum absolute atomic E-state index is 12.2. The molecule has 1 aliphatic carbocycles. The maximum Gasteiger partial charge on any atom is 0.407 e. The summed E-state index contributed by atoms with van der Waals surface area (Å²) in [6.07, 6.45) is 5.07. The summed E-state index contributed by atoms with van der Waals surface area (Å²) >= 11 is 5.81. The number of fused-ring (bicyclic) bond motifs is 3. The Morgan fingerprint density at radius 1 is 1.18 bits per heavy atom. The van der Waals surface area contributed by atoms with Crippen molar-refractivity contribution >= 4 is 29.5 Å². The summed E-state index contributed by atoms with van der Waals surface area (Å²) in [4.78, 5) is 26.7. The molecule has 1 heterocycles. The number of nitrogens with one attached hydrogen (secondary N) is 1. The fraction of sp³-hybridized carbons (Fsp3) is 0.200. The highest BCUT2D eigenvalue weighted by Crippen LogP contribution is 2.44. The van der Waals surface area contributed by atoms with Gasteiger partial charge in [0.2, 0.25) is 5.15 Å². The van der Waals surface area contributed by atoms with Crippen LogP contribution in [-0.2, 0) is 4.74 Å². The summed E-state index contributed by atoms with van der Waals surface area (Å²) in [5.41, 5.74) is 5.54. The minimum atomic E-state index is -0.541. The van der Waals surface area contributed by atoms with E-state index in [1.165, 1.54) is 17.3 Å². The molecule has 3 aromatic rings. The number of halogens is 1. The van der Waals surface area contributed by atoms with Crippen molar-refractivity contribution in [2.45, 2.75) is 19.3 Å². The molecule has 8 heteroatoms. The number of aromatic nitrogens is 1. The highest BCUT2D eigenvalue weighted by Gasteiger charge is 2.28. The van der Waals surface area contributed by atoms with Gasteiger partial charge in [0.25, 0.3) is 0 Å². The minimum Gasteiger partial charge on any atom is -0.449 e. The van der Waals surface area contributed by atoms with Crippen molar-refractivity contribution < 1.29 is 14.5 Å². The SMILES string of the molecule is Cc1c(C=CCCNC(=O)OCC2c3ccccc3-c3ccccc32)cnc(Cl)c1[N+](=O)[O-]. The fourth-order valence-corrected chi connectivity index (χ4v) is 4.33. The molecule has 0 saturated carbocycles. The number of hydrogen-bond acceptors (Lipinski definition) is 5. The van der Waals surface area contributed by atoms with Crippen LogP contribution >= 0.6 is 11.6 Å². The molecule has 1 aliphatic rings. The lowest BCUT2D eigenvalue weighted by Crippen LogP contribution is -2.26. The molecule has 0 saturated heterocycles. The zero-order valence-electron chi connectivity index (χ0n) is 18.0. The standard InChI is InChI=1S/C25H22ClN3O4/c1-16-17(14-28-24(26)23(16)29(31)32)8-6-7-13-27-25(30)33-15-22-20-11-4-2-9-18(20)19-10-3-5-12-21(19)22/h2-6,8-12,14,22H,7,13,15H2,1H3,(H,27,30). The number of pyridine rings is 1. The predicted molar refractivity (Wildman–Crippen MR) is 127 cm³/mol. The van der Waals surface area contributed by atoms with E-state index in [0.717, 1.165) is 11.1 Å². The molecule has 168 valence electrons. The number of alkyl carbamates (subject to hydrolysis) is 1. The van der Waals surface area contributed by atoms with Crippen molar-refractivity contribution in [1.29, 1.82) is 0 Å². The predicted octanol–water partition coefficient (Wildman–Crippen LogP) is 5.89. The van der Waals surface area contributed by atoms with E-state index in [-0.39, 0.29) is 23.4 Å². The van der Waals surface area contributed by atoms with Crippen molar-refractivity contribution in [3.8, 4) is 11.1 Å². The van der Waals surface area contributed by atoms with Gasteiger partial charge in [0.05, 0.1) is 4.92 Å². The molecule has 4 rings (SSSR count). The molecule has 0 radical (unpaired) electrons. The summed E-state index contributed by atoms with van der Waals surface area (Å²) in [5, 5.41) is 13.7. The molecule has 2 aromatic carbocycles. The highest BCUT2D eigenvalue weighted by atomic mass is 35.5. The quantitative estimate of drug-likeness (QED) is 0.204. The van der Waals surface area contributed by atoms with Gasteiger partial charge in [0.1, 0.15) is 6.61 Å². The first kappa shape index (κ1) is 22.5. The Kier molecular flexibility index (Phi) is 6.70. The van der Waals surface area contributed by atoms with Crippen LogP contribution in [0.4, 0.5) is 10.5 Å². The van der Waals surface area contributed by atoms with Crippen LogP contribution in [0.2, 0.25) is 5.15 Å². The molecule has 0 spiro atoms. The van der Waals surface area contributed by atoms with Crippen LogP contribution in [0.15, 0.2) is 60.8 Å². The molecule has 1 aromatic heterocycles. The monoisotopic (exact) mass is 463 g/mol. The number of rotatable bonds is 7. The van der Waals surface area contributed by atoms with Gasteiger partial charge in [-0.25, -0.2) is 9.78 Å². The van der Waals surface area contributed by atoms with Gasteiger partial charge in [-0.2, -0.15) is 0 Å². The van der Waals surface area contributed by atoms with Crippen molar-refractivity contribution in [2.24, 2.45) is 0 Å². The van der Waals surface area contributed by atoms with Crippen LogP contribution in [0.25, 0.3) is 17.2 Å². The van der Waals surface area contributed by atoms with Gasteiger partial charge < -0.3 is 10.1 Å². The first-order valence-electron chi connectivity index (χ1n) is 10.5. The zero-order chi connectivity index (χ0) is 23.4. The van der Waals surface area contributed by atoms with Crippen LogP contribution < -0.4 is 5.32 Å². The van der Waals surface area contributed by atoms with Crippen LogP contribution in [0.1, 0.15) is 34.6 Å². The van der Waals surface area contributed by atoms with Crippen LogP contribution in [0.5, 0.6) is 0 Å². The average Bonchev–Trinajstić information content (AvgIpc) is 3.12. The number of carbonyl (C=O) groups is 1. The number of nitrogens with zero attached hydrogens (tertiary/aromatic N) is 2. The second-order valence-corrected chi connectivity index (χ2v) is 8.04. The van der Waals surface area contributed by atoms with Gasteiger partial charge in [0, 0.05) is 29.8 Å². The van der Waals surface area contributed by atoms with Crippen molar-refractivity contribution in [3.05, 3.63) is 98.3 Å². The Morgan fingerprint density at radius 3 is 2.45 bits per heavy atom. The van der Waals surface area contributed by atoms with Gasteiger partial charge in [0.15, 0.2) is 0 Å². The van der Waals surface area contributed by atoms with E-state index >= 15 is 0 Å². The average molecular weight is 464 g/mol. The molecule has 33 heavy (non-hydrogen) atoms. The lowest BCUT2D eigenvalue weighted by molar-refractivity contribution is -0.385. The summed E-state index contributed by atoms with van der Waals surface area (Å²) in [6, 6.07) is 16.3. The minimum absolute atomic E-state index is 0.0132. The number of ether oxygens (including phenoxy) is 1. The number of hydrogen-bond donors (Lipinski definition) is 1. The van der Waals surface area contributed by atoms with Gasteiger partial charge in [-0.05, 0) is 35.6 Å². The smallest absolute Gasteiger partial charge is 0.407 e. The van der Waals surface area contributed by atoms with E-state index < -0.39 is 11.0 Å². The van der Waals surface area contributed by atoms with E-state index in [2.05, 4.69) is 34.6 Å². The van der Waals surface area contributed by atoms with Crippen LogP contribution in [-0.4, -0.2) is 29.2 Å². The van der Waals surface area contributed by atoms with Gasteiger partial charge in [-0.15, -0.1) is 0 Å². The molecule has 0 aliphatic heterocycles. The molecule has 1 N–H and O–H groups in total. The lowest BCUT2D eigenvalue weighted by Gasteiger charge is -2.14. The molecular formula is C25H22ClN3O4. The molecule has 7 nitrogen and oxygen atoms in total. The molecular weight excluding hydrogens is 442 g/mol. The maximum atomic E-state index is 12.2. The fourth-order valence-electron chi connectivity index (χ4n) is 4.07. The van der Waals surface area contributed by atoms with E-state index in [9.17, 15) is 14.9 Å². The van der Waals surface area contributed by atoms with E-state index in [1.54, 1.807) is 13.0 Å². The summed E-state index contributed by atoms with van der Waals surface area (Å²) in [6.45, 7) is 2.25. The second kappa shape index (κ2) is 9.83. The Morgan fingerprint density at radius 2 is 1.82 bits per heavy atom. The number of nitro groups is 1. The topological polar surface area (TPSA) is 94.4 Å². The van der Waals surface area contributed by atoms with Crippen LogP contribution in [0.3, 0.4) is 0 Å². The molecule has 1 amide bonds. The summed E-state index contributed by atoms with van der Waals surface area (Å²) in [7, 11) is 0. The summed E-state index contributed by atoms with van der Waals surface area (Å²) in [5.74, 6) is 0.0132. The van der Waals surface area contributed by atoms with Crippen molar-refractivity contribution in [2.75, 3.05) is 13.2 Å². The Bertz CT molecular complexity index is 1200. The Hall–Kier alpha value is -3.71. The summed E-state index contributed by atoms with van der Waals surface area (Å²) < 4.78 is 5.51. The van der Waals surface area contributed by atoms with Crippen molar-refractivity contribution in [3.63, 3.8) is 0 Å². The first-order valence-corrected chi connectivity index (χ1v) is 10.9. The van der Waals surface area contributed by atoms with E-state index in [0.29, 0.717) is 24.1 Å². The second-order valence-electron chi connectivity index (χ2n) is 7.68. The van der Waals surface area contributed by atoms with Gasteiger partial charge in [-0.1, -0.05) is 72.3 Å². The van der Waals surface area contributed by atoms with Crippen molar-refractivity contribution in [1.82, 2.24) is 10.3 Å². The normalized spacial score (nSPS) is 12.4. The largest absolute Gasteiger partial charge is 0.449 e. The number of carbonyl (C=O) groups excluding carboxylic acids is 1. The Labute approximate surface area is 196 Å². The molecule has 0 unspecified atom stereocenters. The molecule has 0 atom stereocenters. The van der Waals surface area contributed by atoms with Gasteiger partial charge in [-0.3, -0.25) is 10.1 Å². The third-order valence-electron chi connectivity index (χ3n) is 5.70. The van der Waals surface area contributed by atoms with E-state index in [1.807, 2.05) is 30.3 Å². The van der Waals surface area contributed by atoms with Gasteiger partial charge >= 0.3 is 11.8 Å². The lowest BCUT2D eigenvalue weighted by atomic mass is 9.98. The number of amides is 1. The molecule has 0 fully saturated rings. The third-order valence-corrected chi connectivity index (χ3v) is 5.98. The number of benzene rings is 2. The highest BCUT2D eigenvalue weighted by molar-refractivity contribution is 6.31. The third kappa shape index (κ3) is 4.73. The zero-order valence-corrected chi connectivity index (χ0v) is 18.7. The Balaban J connectivity index is 1.29.